The van der Waals surface area contributed by atoms with Gasteiger partial charge in [-0.25, -0.2) is 8.42 Å². The fourth-order valence-corrected chi connectivity index (χ4v) is 1.74. The zero-order valence-corrected chi connectivity index (χ0v) is 6.48. The van der Waals surface area contributed by atoms with E-state index in [1.165, 1.54) is 11.5 Å². The maximum Gasteiger partial charge on any atom is 0.196 e. The predicted molar refractivity (Wildman–Crippen MR) is 41.0 cm³/mol. The van der Waals surface area contributed by atoms with Crippen molar-refractivity contribution < 1.29 is 8.42 Å². The lowest BCUT2D eigenvalue weighted by Crippen LogP contribution is -1.90. The lowest BCUT2D eigenvalue weighted by molar-refractivity contribution is 0.610. The standard InChI is InChI=1S/C7H8O2S/c1-3-7-4-6(2)10(8,9)5-7/h3-5H,1H2,2H3. The van der Waals surface area contributed by atoms with Gasteiger partial charge < -0.3 is 0 Å². The van der Waals surface area contributed by atoms with Crippen LogP contribution in [0.4, 0.5) is 0 Å². The van der Waals surface area contributed by atoms with Gasteiger partial charge in [0.15, 0.2) is 9.84 Å². The summed E-state index contributed by atoms with van der Waals surface area (Å²) in [5, 5.41) is 1.22. The highest BCUT2D eigenvalue weighted by molar-refractivity contribution is 7.98. The highest BCUT2D eigenvalue weighted by Crippen LogP contribution is 2.20. The van der Waals surface area contributed by atoms with E-state index >= 15 is 0 Å². The third-order valence-electron chi connectivity index (χ3n) is 1.35. The van der Waals surface area contributed by atoms with Gasteiger partial charge in [0, 0.05) is 10.3 Å². The van der Waals surface area contributed by atoms with E-state index in [4.69, 9.17) is 0 Å². The molecule has 0 saturated heterocycles. The van der Waals surface area contributed by atoms with Crippen molar-refractivity contribution in [3.8, 4) is 0 Å². The summed E-state index contributed by atoms with van der Waals surface area (Å²) in [6.45, 7) is 5.04. The summed E-state index contributed by atoms with van der Waals surface area (Å²) >= 11 is 0. The van der Waals surface area contributed by atoms with Crippen molar-refractivity contribution in [3.63, 3.8) is 0 Å². The maximum absolute atomic E-state index is 10.9. The van der Waals surface area contributed by atoms with Crippen molar-refractivity contribution in [2.24, 2.45) is 0 Å². The first-order valence-electron chi connectivity index (χ1n) is 2.84. The second-order valence-corrected chi connectivity index (χ2v) is 4.09. The molecule has 0 spiro atoms. The molecule has 0 atom stereocenters. The van der Waals surface area contributed by atoms with Gasteiger partial charge in [0.2, 0.25) is 0 Å². The van der Waals surface area contributed by atoms with Crippen molar-refractivity contribution in [2.45, 2.75) is 6.92 Å². The van der Waals surface area contributed by atoms with Crippen LogP contribution in [0.25, 0.3) is 0 Å². The molecule has 3 heteroatoms. The first-order valence-corrected chi connectivity index (χ1v) is 4.38. The van der Waals surface area contributed by atoms with Gasteiger partial charge in [-0.05, 0) is 18.6 Å². The molecule has 0 unspecified atom stereocenters. The third-order valence-corrected chi connectivity index (χ3v) is 2.94. The molecule has 0 aromatic carbocycles. The normalized spacial score (nSPS) is 21.7. The molecule has 0 bridgehead atoms. The summed E-state index contributed by atoms with van der Waals surface area (Å²) in [5.41, 5.74) is 0.664. The number of sulfone groups is 1. The van der Waals surface area contributed by atoms with Crippen LogP contribution in [0.5, 0.6) is 0 Å². The predicted octanol–water partition coefficient (Wildman–Crippen LogP) is 1.39. The average Bonchev–Trinajstić information content (AvgIpc) is 2.08. The van der Waals surface area contributed by atoms with E-state index in [1.807, 2.05) is 0 Å². The smallest absolute Gasteiger partial charge is 0.196 e. The molecular weight excluding hydrogens is 148 g/mol. The molecule has 1 aliphatic heterocycles. The van der Waals surface area contributed by atoms with Gasteiger partial charge in [-0.15, -0.1) is 0 Å². The van der Waals surface area contributed by atoms with Gasteiger partial charge in [0.05, 0.1) is 0 Å². The molecule has 0 amide bonds. The van der Waals surface area contributed by atoms with E-state index in [2.05, 4.69) is 6.58 Å². The van der Waals surface area contributed by atoms with Crippen LogP contribution in [-0.4, -0.2) is 8.42 Å². The van der Waals surface area contributed by atoms with E-state index < -0.39 is 9.84 Å². The highest BCUT2D eigenvalue weighted by atomic mass is 32.2. The van der Waals surface area contributed by atoms with Crippen LogP contribution >= 0.6 is 0 Å². The van der Waals surface area contributed by atoms with Gasteiger partial charge in [-0.3, -0.25) is 0 Å². The molecule has 10 heavy (non-hydrogen) atoms. The highest BCUT2D eigenvalue weighted by Gasteiger charge is 2.16. The van der Waals surface area contributed by atoms with E-state index in [0.29, 0.717) is 10.5 Å². The van der Waals surface area contributed by atoms with Crippen molar-refractivity contribution in [1.82, 2.24) is 0 Å². The lowest BCUT2D eigenvalue weighted by atomic mass is 10.3. The molecule has 0 saturated carbocycles. The van der Waals surface area contributed by atoms with Crippen LogP contribution in [-0.2, 0) is 9.84 Å². The number of hydrogen-bond acceptors (Lipinski definition) is 2. The van der Waals surface area contributed by atoms with Gasteiger partial charge in [0.1, 0.15) is 0 Å². The first kappa shape index (κ1) is 7.28. The minimum atomic E-state index is -3.06. The Hall–Kier alpha value is -0.830. The summed E-state index contributed by atoms with van der Waals surface area (Å²) in [6.07, 6.45) is 3.12. The quantitative estimate of drug-likeness (QED) is 0.575. The molecule has 0 aromatic rings. The Balaban J connectivity index is 3.24. The largest absolute Gasteiger partial charge is 0.219 e. The zero-order chi connectivity index (χ0) is 7.78. The van der Waals surface area contributed by atoms with Crippen molar-refractivity contribution >= 4 is 9.84 Å². The molecular formula is C7H8O2S. The van der Waals surface area contributed by atoms with E-state index in [9.17, 15) is 8.42 Å². The first-order chi connectivity index (χ1) is 4.56. The van der Waals surface area contributed by atoms with Gasteiger partial charge in [-0.2, -0.15) is 0 Å². The minimum absolute atomic E-state index is 0.391. The van der Waals surface area contributed by atoms with Gasteiger partial charge in [-0.1, -0.05) is 12.7 Å². The van der Waals surface area contributed by atoms with Crippen LogP contribution in [0.1, 0.15) is 6.92 Å². The third kappa shape index (κ3) is 1.04. The van der Waals surface area contributed by atoms with Crippen LogP contribution in [0, 0.1) is 0 Å². The van der Waals surface area contributed by atoms with Crippen LogP contribution in [0.15, 0.2) is 34.6 Å². The Labute approximate surface area is 60.5 Å². The molecule has 54 valence electrons. The second-order valence-electron chi connectivity index (χ2n) is 2.12. The summed E-state index contributed by atoms with van der Waals surface area (Å²) in [5.74, 6) is 0. The maximum atomic E-state index is 10.9. The van der Waals surface area contributed by atoms with E-state index in [0.717, 1.165) is 0 Å². The molecule has 1 aliphatic rings. The molecule has 1 rings (SSSR count). The van der Waals surface area contributed by atoms with Crippen molar-refractivity contribution in [3.05, 3.63) is 34.6 Å². The SMILES string of the molecule is C=CC1=CS(=O)(=O)C(C)=C1. The Morgan fingerprint density at radius 3 is 2.40 bits per heavy atom. The molecule has 0 radical (unpaired) electrons. The molecule has 0 N–H and O–H groups in total. The van der Waals surface area contributed by atoms with Crippen molar-refractivity contribution in [1.29, 1.82) is 0 Å². The molecule has 0 fully saturated rings. The summed E-state index contributed by atoms with van der Waals surface area (Å²) in [4.78, 5) is 0.391. The molecule has 1 heterocycles. The van der Waals surface area contributed by atoms with E-state index in [1.54, 1.807) is 13.0 Å². The van der Waals surface area contributed by atoms with Crippen molar-refractivity contribution in [2.75, 3.05) is 0 Å². The van der Waals surface area contributed by atoms with Crippen LogP contribution < -0.4 is 0 Å². The fraction of sp³-hybridized carbons (Fsp3) is 0.143. The Morgan fingerprint density at radius 2 is 2.20 bits per heavy atom. The van der Waals surface area contributed by atoms with E-state index in [-0.39, 0.29) is 0 Å². The Bertz CT molecular complexity index is 318. The van der Waals surface area contributed by atoms with Crippen LogP contribution in [0.2, 0.25) is 0 Å². The van der Waals surface area contributed by atoms with Crippen LogP contribution in [0.3, 0.4) is 0 Å². The number of allylic oxidation sites excluding steroid dienone is 4. The molecule has 2 nitrogen and oxygen atoms in total. The number of rotatable bonds is 1. The number of hydrogen-bond donors (Lipinski definition) is 0. The Kier molecular flexibility index (Phi) is 1.52. The topological polar surface area (TPSA) is 34.1 Å². The van der Waals surface area contributed by atoms with Gasteiger partial charge >= 0.3 is 0 Å². The summed E-state index contributed by atoms with van der Waals surface area (Å²) < 4.78 is 21.9. The summed E-state index contributed by atoms with van der Waals surface area (Å²) in [6, 6.07) is 0. The lowest BCUT2D eigenvalue weighted by Gasteiger charge is -1.86. The zero-order valence-electron chi connectivity index (χ0n) is 5.66. The molecule has 0 aliphatic carbocycles. The monoisotopic (exact) mass is 156 g/mol. The average molecular weight is 156 g/mol. The Morgan fingerprint density at radius 1 is 1.60 bits per heavy atom. The second kappa shape index (κ2) is 2.09. The fourth-order valence-electron chi connectivity index (χ4n) is 0.730. The summed E-state index contributed by atoms with van der Waals surface area (Å²) in [7, 11) is -3.06. The minimum Gasteiger partial charge on any atom is -0.219 e. The molecule has 0 aromatic heterocycles. The van der Waals surface area contributed by atoms with Gasteiger partial charge in [0.25, 0.3) is 0 Å².